The highest BCUT2D eigenvalue weighted by Gasteiger charge is 2.26. The molecule has 1 fully saturated rings. The summed E-state index contributed by atoms with van der Waals surface area (Å²) in [5.41, 5.74) is 2.13. The van der Waals surface area contributed by atoms with Crippen LogP contribution in [0, 0.1) is 5.92 Å². The Morgan fingerprint density at radius 2 is 2.00 bits per heavy atom. The third-order valence-corrected chi connectivity index (χ3v) is 4.63. The highest BCUT2D eigenvalue weighted by molar-refractivity contribution is 5.92. The van der Waals surface area contributed by atoms with Gasteiger partial charge in [-0.15, -0.1) is 0 Å². The van der Waals surface area contributed by atoms with Gasteiger partial charge < -0.3 is 19.7 Å². The van der Waals surface area contributed by atoms with E-state index < -0.39 is 0 Å². The molecule has 3 heterocycles. The molecule has 2 aliphatic rings. The molecule has 1 aromatic heterocycles. The number of aromatic nitrogens is 1. The zero-order valence-electron chi connectivity index (χ0n) is 14.0. The first-order valence-corrected chi connectivity index (χ1v) is 8.60. The van der Waals surface area contributed by atoms with Crippen molar-refractivity contribution in [2.75, 3.05) is 43.1 Å². The van der Waals surface area contributed by atoms with Crippen LogP contribution in [0.15, 0.2) is 42.6 Å². The number of carbonyl (C=O) groups excluding carboxylic acids is 1. The Labute approximate surface area is 146 Å². The molecule has 0 aliphatic carbocycles. The molecule has 0 radical (unpaired) electrons. The van der Waals surface area contributed by atoms with E-state index in [0.717, 1.165) is 43.3 Å². The Morgan fingerprint density at radius 3 is 2.80 bits per heavy atom. The van der Waals surface area contributed by atoms with Gasteiger partial charge in [0.1, 0.15) is 18.2 Å². The van der Waals surface area contributed by atoms with Crippen LogP contribution in [-0.4, -0.2) is 43.8 Å². The van der Waals surface area contributed by atoms with Crippen molar-refractivity contribution in [3.63, 3.8) is 0 Å². The average Bonchev–Trinajstić information content (AvgIpc) is 2.69. The topological polar surface area (TPSA) is 63.7 Å². The van der Waals surface area contributed by atoms with Gasteiger partial charge >= 0.3 is 0 Å². The predicted molar refractivity (Wildman–Crippen MR) is 95.0 cm³/mol. The number of amides is 1. The molecule has 6 nitrogen and oxygen atoms in total. The molecule has 2 aromatic rings. The normalized spacial score (nSPS) is 19.7. The number of hydrogen-bond donors (Lipinski definition) is 1. The van der Waals surface area contributed by atoms with Crippen LogP contribution < -0.4 is 15.0 Å². The van der Waals surface area contributed by atoms with Crippen LogP contribution >= 0.6 is 0 Å². The van der Waals surface area contributed by atoms with Crippen LogP contribution in [0.25, 0.3) is 0 Å². The van der Waals surface area contributed by atoms with Crippen LogP contribution in [-0.2, 0) is 16.0 Å². The molecular weight excluding hydrogens is 318 g/mol. The number of rotatable bonds is 3. The zero-order valence-corrected chi connectivity index (χ0v) is 14.0. The van der Waals surface area contributed by atoms with Crippen LogP contribution in [0.2, 0.25) is 0 Å². The Bertz CT molecular complexity index is 742. The maximum Gasteiger partial charge on any atom is 0.232 e. The van der Waals surface area contributed by atoms with Gasteiger partial charge in [0.15, 0.2) is 0 Å². The maximum absolute atomic E-state index is 12.5. The van der Waals surface area contributed by atoms with Crippen LogP contribution in [0.3, 0.4) is 0 Å². The number of carbonyl (C=O) groups is 1. The summed E-state index contributed by atoms with van der Waals surface area (Å²) < 4.78 is 11.1. The Balaban J connectivity index is 1.38. The van der Waals surface area contributed by atoms with Gasteiger partial charge in [-0.05, 0) is 30.2 Å². The molecule has 0 spiro atoms. The van der Waals surface area contributed by atoms with Crippen LogP contribution in [0.4, 0.5) is 11.5 Å². The lowest BCUT2D eigenvalue weighted by Gasteiger charge is -2.28. The summed E-state index contributed by atoms with van der Waals surface area (Å²) in [6.07, 6.45) is 2.49. The summed E-state index contributed by atoms with van der Waals surface area (Å²) in [4.78, 5) is 19.1. The summed E-state index contributed by atoms with van der Waals surface area (Å²) >= 11 is 0. The van der Waals surface area contributed by atoms with Crippen molar-refractivity contribution < 1.29 is 14.3 Å². The Kier molecular flexibility index (Phi) is 4.52. The van der Waals surface area contributed by atoms with E-state index >= 15 is 0 Å². The van der Waals surface area contributed by atoms with Crippen molar-refractivity contribution in [2.24, 2.45) is 5.92 Å². The van der Waals surface area contributed by atoms with Crippen molar-refractivity contribution in [3.8, 4) is 5.75 Å². The van der Waals surface area contributed by atoms with Crippen molar-refractivity contribution >= 4 is 17.4 Å². The standard InChI is InChI=1S/C19H21N3O3/c23-19(15-11-14-3-1-2-4-17(14)25-13-15)21-18-6-5-16(12-20-18)22-7-9-24-10-8-22/h1-6,12,15H,7-11,13H2,(H,20,21,23). The van der Waals surface area contributed by atoms with Crippen LogP contribution in [0.1, 0.15) is 5.56 Å². The van der Waals surface area contributed by atoms with Gasteiger partial charge in [0.25, 0.3) is 0 Å². The molecule has 0 saturated carbocycles. The molecule has 1 amide bonds. The number of ether oxygens (including phenoxy) is 2. The fourth-order valence-electron chi connectivity index (χ4n) is 3.19. The molecule has 1 saturated heterocycles. The molecule has 1 aromatic carbocycles. The number of pyridine rings is 1. The minimum absolute atomic E-state index is 0.0545. The molecule has 6 heteroatoms. The third kappa shape index (κ3) is 3.58. The van der Waals surface area contributed by atoms with E-state index in [4.69, 9.17) is 9.47 Å². The molecule has 130 valence electrons. The highest BCUT2D eigenvalue weighted by atomic mass is 16.5. The van der Waals surface area contributed by atoms with E-state index in [1.54, 1.807) is 6.20 Å². The van der Waals surface area contributed by atoms with Gasteiger partial charge in [0.05, 0.1) is 31.0 Å². The van der Waals surface area contributed by atoms with E-state index in [0.29, 0.717) is 18.8 Å². The summed E-state index contributed by atoms with van der Waals surface area (Å²) in [5, 5.41) is 2.90. The van der Waals surface area contributed by atoms with Gasteiger partial charge in [0.2, 0.25) is 5.91 Å². The van der Waals surface area contributed by atoms with Gasteiger partial charge in [-0.2, -0.15) is 0 Å². The minimum atomic E-state index is -0.199. The van der Waals surface area contributed by atoms with Gasteiger partial charge in [-0.1, -0.05) is 18.2 Å². The second-order valence-corrected chi connectivity index (χ2v) is 6.31. The predicted octanol–water partition coefficient (Wildman–Crippen LogP) is 2.11. The average molecular weight is 339 g/mol. The van der Waals surface area contributed by atoms with Crippen molar-refractivity contribution in [1.82, 2.24) is 4.98 Å². The summed E-state index contributed by atoms with van der Waals surface area (Å²) in [6.45, 7) is 3.61. The fraction of sp³-hybridized carbons (Fsp3) is 0.368. The lowest BCUT2D eigenvalue weighted by atomic mass is 9.96. The second-order valence-electron chi connectivity index (χ2n) is 6.31. The number of anilines is 2. The minimum Gasteiger partial charge on any atom is -0.492 e. The zero-order chi connectivity index (χ0) is 17.1. The Hall–Kier alpha value is -2.60. The van der Waals surface area contributed by atoms with Crippen molar-refractivity contribution in [1.29, 1.82) is 0 Å². The van der Waals surface area contributed by atoms with E-state index in [-0.39, 0.29) is 11.8 Å². The van der Waals surface area contributed by atoms with Crippen molar-refractivity contribution in [3.05, 3.63) is 48.2 Å². The molecule has 4 rings (SSSR count). The number of para-hydroxylation sites is 1. The molecule has 2 aliphatic heterocycles. The third-order valence-electron chi connectivity index (χ3n) is 4.63. The first-order chi connectivity index (χ1) is 12.3. The lowest BCUT2D eigenvalue weighted by molar-refractivity contribution is -0.121. The number of nitrogens with one attached hydrogen (secondary N) is 1. The summed E-state index contributed by atoms with van der Waals surface area (Å²) in [5.74, 6) is 1.19. The number of benzene rings is 1. The van der Waals surface area contributed by atoms with Gasteiger partial charge in [-0.3, -0.25) is 4.79 Å². The second kappa shape index (κ2) is 7.11. The van der Waals surface area contributed by atoms with E-state index in [1.807, 2.05) is 36.4 Å². The lowest BCUT2D eigenvalue weighted by Crippen LogP contribution is -2.36. The monoisotopic (exact) mass is 339 g/mol. The first kappa shape index (κ1) is 15.9. The largest absolute Gasteiger partial charge is 0.492 e. The number of morpholine rings is 1. The first-order valence-electron chi connectivity index (χ1n) is 8.60. The van der Waals surface area contributed by atoms with Gasteiger partial charge in [0, 0.05) is 13.1 Å². The van der Waals surface area contributed by atoms with Crippen molar-refractivity contribution in [2.45, 2.75) is 6.42 Å². The van der Waals surface area contributed by atoms with E-state index in [2.05, 4.69) is 15.2 Å². The number of hydrogen-bond acceptors (Lipinski definition) is 5. The highest BCUT2D eigenvalue weighted by Crippen LogP contribution is 2.27. The molecular formula is C19H21N3O3. The maximum atomic E-state index is 12.5. The summed E-state index contributed by atoms with van der Waals surface area (Å²) in [7, 11) is 0. The quantitative estimate of drug-likeness (QED) is 0.928. The van der Waals surface area contributed by atoms with Gasteiger partial charge in [-0.25, -0.2) is 4.98 Å². The molecule has 1 atom stereocenters. The number of nitrogens with zero attached hydrogens (tertiary/aromatic N) is 2. The smallest absolute Gasteiger partial charge is 0.232 e. The van der Waals surface area contributed by atoms with Crippen LogP contribution in [0.5, 0.6) is 5.75 Å². The Morgan fingerprint density at radius 1 is 1.16 bits per heavy atom. The van der Waals surface area contributed by atoms with E-state index in [9.17, 15) is 4.79 Å². The SMILES string of the molecule is O=C(Nc1ccc(N2CCOCC2)cn1)C1COc2ccccc2C1. The summed E-state index contributed by atoms with van der Waals surface area (Å²) in [6, 6.07) is 11.7. The molecule has 0 bridgehead atoms. The number of fused-ring (bicyclic) bond motifs is 1. The molecule has 1 unspecified atom stereocenters. The fourth-order valence-corrected chi connectivity index (χ4v) is 3.19. The molecule has 25 heavy (non-hydrogen) atoms. The molecule has 1 N–H and O–H groups in total. The van der Waals surface area contributed by atoms with E-state index in [1.165, 1.54) is 0 Å².